The summed E-state index contributed by atoms with van der Waals surface area (Å²) in [5.41, 5.74) is 0. The highest BCUT2D eigenvalue weighted by atomic mass is 19.1. The molecule has 1 aliphatic heterocycles. The van der Waals surface area contributed by atoms with Crippen molar-refractivity contribution in [2.75, 3.05) is 46.6 Å². The minimum atomic E-state index is -0.557. The van der Waals surface area contributed by atoms with Gasteiger partial charge in [-0.05, 0) is 0 Å². The van der Waals surface area contributed by atoms with Crippen LogP contribution in [0.5, 0.6) is 0 Å². The Kier molecular flexibility index (Phi) is 6.59. The van der Waals surface area contributed by atoms with Gasteiger partial charge in [0.05, 0.1) is 19.1 Å². The van der Waals surface area contributed by atoms with Crippen LogP contribution in [0, 0.1) is 0 Å². The number of amides is 2. The first-order chi connectivity index (χ1) is 8.69. The van der Waals surface area contributed by atoms with Crippen LogP contribution >= 0.6 is 0 Å². The molecule has 1 heterocycles. The smallest absolute Gasteiger partial charge is 0.240 e. The number of carbonyl (C=O) groups is 2. The van der Waals surface area contributed by atoms with E-state index in [-0.39, 0.29) is 24.8 Å². The maximum atomic E-state index is 12.2. The summed E-state index contributed by atoms with van der Waals surface area (Å²) in [7, 11) is 1.55. The predicted octanol–water partition coefficient (Wildman–Crippen LogP) is -1.09. The van der Waals surface area contributed by atoms with E-state index in [4.69, 9.17) is 4.74 Å². The van der Waals surface area contributed by atoms with Gasteiger partial charge in [-0.15, -0.1) is 0 Å². The zero-order valence-corrected chi connectivity index (χ0v) is 10.6. The first kappa shape index (κ1) is 14.8. The molecule has 1 fully saturated rings. The Morgan fingerprint density at radius 1 is 1.67 bits per heavy atom. The van der Waals surface area contributed by atoms with Gasteiger partial charge >= 0.3 is 0 Å². The molecule has 0 aromatic carbocycles. The molecule has 1 aliphatic rings. The van der Waals surface area contributed by atoms with Crippen molar-refractivity contribution in [1.29, 1.82) is 0 Å². The summed E-state index contributed by atoms with van der Waals surface area (Å²) in [6.07, 6.45) is 0.0747. The summed E-state index contributed by atoms with van der Waals surface area (Å²) in [6.45, 7) is 1.48. The minimum Gasteiger partial charge on any atom is -0.383 e. The average Bonchev–Trinajstić information content (AvgIpc) is 2.35. The van der Waals surface area contributed by atoms with Crippen LogP contribution in [0.3, 0.4) is 0 Å². The average molecular weight is 261 g/mol. The van der Waals surface area contributed by atoms with Crippen molar-refractivity contribution in [3.05, 3.63) is 0 Å². The fourth-order valence-corrected chi connectivity index (χ4v) is 1.83. The van der Waals surface area contributed by atoms with Gasteiger partial charge < -0.3 is 20.3 Å². The number of piperazine rings is 1. The van der Waals surface area contributed by atoms with Crippen molar-refractivity contribution < 1.29 is 18.7 Å². The van der Waals surface area contributed by atoms with Crippen LogP contribution in [-0.4, -0.2) is 69.3 Å². The van der Waals surface area contributed by atoms with Gasteiger partial charge in [-0.1, -0.05) is 0 Å². The number of methoxy groups -OCH3 is 1. The van der Waals surface area contributed by atoms with E-state index in [0.717, 1.165) is 0 Å². The summed E-state index contributed by atoms with van der Waals surface area (Å²) >= 11 is 0. The fraction of sp³-hybridized carbons (Fsp3) is 0.818. The summed E-state index contributed by atoms with van der Waals surface area (Å²) in [5, 5.41) is 5.62. The Morgan fingerprint density at radius 2 is 2.44 bits per heavy atom. The van der Waals surface area contributed by atoms with Gasteiger partial charge in [-0.25, -0.2) is 4.39 Å². The molecule has 0 aliphatic carbocycles. The van der Waals surface area contributed by atoms with E-state index in [1.54, 1.807) is 7.11 Å². The van der Waals surface area contributed by atoms with Gasteiger partial charge in [0.15, 0.2) is 0 Å². The van der Waals surface area contributed by atoms with Crippen LogP contribution in [0.1, 0.15) is 6.42 Å². The van der Waals surface area contributed by atoms with Crippen LogP contribution in [-0.2, 0) is 14.3 Å². The topological polar surface area (TPSA) is 70.7 Å². The molecule has 6 nitrogen and oxygen atoms in total. The van der Waals surface area contributed by atoms with Gasteiger partial charge in [0.2, 0.25) is 11.8 Å². The van der Waals surface area contributed by atoms with Crippen molar-refractivity contribution in [3.63, 3.8) is 0 Å². The Labute approximate surface area is 106 Å². The third-order valence-corrected chi connectivity index (χ3v) is 2.75. The third kappa shape index (κ3) is 4.58. The first-order valence-electron chi connectivity index (χ1n) is 6.02. The molecule has 1 atom stereocenters. The van der Waals surface area contributed by atoms with Gasteiger partial charge in [0.25, 0.3) is 0 Å². The summed E-state index contributed by atoms with van der Waals surface area (Å²) in [5.74, 6) is -0.416. The molecule has 18 heavy (non-hydrogen) atoms. The molecular formula is C11H20FN3O3. The highest BCUT2D eigenvalue weighted by molar-refractivity contribution is 5.88. The molecule has 0 bridgehead atoms. The van der Waals surface area contributed by atoms with Crippen LogP contribution in [0.15, 0.2) is 0 Å². The summed E-state index contributed by atoms with van der Waals surface area (Å²) in [4.78, 5) is 24.9. The highest BCUT2D eigenvalue weighted by Gasteiger charge is 2.29. The standard InChI is InChI=1S/C11H20FN3O3/c1-18-7-4-14-10(16)8-9-11(17)15(5-2-12)6-3-13-9/h9,13H,2-8H2,1H3,(H,14,16). The maximum Gasteiger partial charge on any atom is 0.240 e. The molecule has 0 saturated carbocycles. The molecule has 0 aromatic heterocycles. The van der Waals surface area contributed by atoms with E-state index in [2.05, 4.69) is 10.6 Å². The Morgan fingerprint density at radius 3 is 3.11 bits per heavy atom. The molecule has 1 rings (SSSR count). The number of ether oxygens (including phenoxy) is 1. The lowest BCUT2D eigenvalue weighted by molar-refractivity contribution is -0.138. The van der Waals surface area contributed by atoms with E-state index in [1.165, 1.54) is 4.90 Å². The molecule has 1 unspecified atom stereocenters. The SMILES string of the molecule is COCCNC(=O)CC1NCCN(CCF)C1=O. The Bertz CT molecular complexity index is 287. The summed E-state index contributed by atoms with van der Waals surface area (Å²) < 4.78 is 17.0. The van der Waals surface area contributed by atoms with Crippen LogP contribution in [0.4, 0.5) is 4.39 Å². The molecule has 1 saturated heterocycles. The quantitative estimate of drug-likeness (QED) is 0.571. The zero-order chi connectivity index (χ0) is 13.4. The zero-order valence-electron chi connectivity index (χ0n) is 10.6. The number of alkyl halides is 1. The van der Waals surface area contributed by atoms with Crippen molar-refractivity contribution >= 4 is 11.8 Å². The molecule has 2 N–H and O–H groups in total. The molecule has 2 amide bonds. The lowest BCUT2D eigenvalue weighted by Gasteiger charge is -2.32. The molecular weight excluding hydrogens is 241 g/mol. The van der Waals surface area contributed by atoms with Crippen LogP contribution < -0.4 is 10.6 Å². The number of nitrogens with one attached hydrogen (secondary N) is 2. The lowest BCUT2D eigenvalue weighted by atomic mass is 10.1. The van der Waals surface area contributed by atoms with Crippen molar-refractivity contribution in [2.45, 2.75) is 12.5 Å². The monoisotopic (exact) mass is 261 g/mol. The number of hydrogen-bond acceptors (Lipinski definition) is 4. The lowest BCUT2D eigenvalue weighted by Crippen LogP contribution is -2.56. The third-order valence-electron chi connectivity index (χ3n) is 2.75. The van der Waals surface area contributed by atoms with Gasteiger partial charge in [-0.3, -0.25) is 9.59 Å². The molecule has 0 radical (unpaired) electrons. The Hall–Kier alpha value is -1.21. The van der Waals surface area contributed by atoms with Crippen LogP contribution in [0.2, 0.25) is 0 Å². The second-order valence-electron chi connectivity index (χ2n) is 4.07. The van der Waals surface area contributed by atoms with E-state index >= 15 is 0 Å². The largest absolute Gasteiger partial charge is 0.383 e. The minimum absolute atomic E-state index is 0.0747. The van der Waals surface area contributed by atoms with Gasteiger partial charge in [0, 0.05) is 33.3 Å². The molecule has 104 valence electrons. The van der Waals surface area contributed by atoms with Crippen LogP contribution in [0.25, 0.3) is 0 Å². The van der Waals surface area contributed by atoms with Crippen molar-refractivity contribution in [2.24, 2.45) is 0 Å². The first-order valence-corrected chi connectivity index (χ1v) is 6.02. The summed E-state index contributed by atoms with van der Waals surface area (Å²) in [6, 6.07) is -0.548. The van der Waals surface area contributed by atoms with Crippen molar-refractivity contribution in [1.82, 2.24) is 15.5 Å². The number of carbonyl (C=O) groups excluding carboxylic acids is 2. The van der Waals surface area contributed by atoms with Crippen molar-refractivity contribution in [3.8, 4) is 0 Å². The molecule has 7 heteroatoms. The van der Waals surface area contributed by atoms with E-state index in [9.17, 15) is 14.0 Å². The van der Waals surface area contributed by atoms with Gasteiger partial charge in [0.1, 0.15) is 6.67 Å². The molecule has 0 spiro atoms. The van der Waals surface area contributed by atoms with E-state index < -0.39 is 12.7 Å². The number of hydrogen-bond donors (Lipinski definition) is 2. The second-order valence-corrected chi connectivity index (χ2v) is 4.07. The number of nitrogens with zero attached hydrogens (tertiary/aromatic N) is 1. The van der Waals surface area contributed by atoms with E-state index in [0.29, 0.717) is 26.2 Å². The highest BCUT2D eigenvalue weighted by Crippen LogP contribution is 2.05. The second kappa shape index (κ2) is 7.99. The fourth-order valence-electron chi connectivity index (χ4n) is 1.83. The predicted molar refractivity (Wildman–Crippen MR) is 63.8 cm³/mol. The van der Waals surface area contributed by atoms with Gasteiger partial charge in [-0.2, -0.15) is 0 Å². The number of rotatable bonds is 7. The molecule has 0 aromatic rings. The maximum absolute atomic E-state index is 12.2. The van der Waals surface area contributed by atoms with E-state index in [1.807, 2.05) is 0 Å². The Balaban J connectivity index is 2.36. The normalized spacial score (nSPS) is 20.0. The number of halogens is 1.